The van der Waals surface area contributed by atoms with E-state index in [1.807, 2.05) is 42.5 Å². The minimum Gasteiger partial charge on any atom is -0.399 e. The van der Waals surface area contributed by atoms with Crippen LogP contribution in [0.5, 0.6) is 0 Å². The summed E-state index contributed by atoms with van der Waals surface area (Å²) < 4.78 is 0. The molecule has 18 heavy (non-hydrogen) atoms. The maximum atomic E-state index is 5.78. The van der Waals surface area contributed by atoms with Crippen LogP contribution in [0.1, 0.15) is 0 Å². The molecule has 4 rings (SSSR count). The third-order valence-electron chi connectivity index (χ3n) is 3.12. The van der Waals surface area contributed by atoms with Gasteiger partial charge in [0.05, 0.1) is 11.0 Å². The average Bonchev–Trinajstić information content (AvgIpc) is 2.74. The van der Waals surface area contributed by atoms with E-state index in [4.69, 9.17) is 5.73 Å². The van der Waals surface area contributed by atoms with Crippen molar-refractivity contribution in [3.63, 3.8) is 0 Å². The molecule has 2 aromatic carbocycles. The number of aromatic nitrogens is 3. The Morgan fingerprint density at radius 2 is 1.83 bits per heavy atom. The van der Waals surface area contributed by atoms with Gasteiger partial charge >= 0.3 is 0 Å². The normalized spacial score (nSPS) is 11.6. The minimum absolute atomic E-state index is 0.705. The van der Waals surface area contributed by atoms with Crippen molar-refractivity contribution < 1.29 is 0 Å². The van der Waals surface area contributed by atoms with Crippen molar-refractivity contribution >= 4 is 38.8 Å². The van der Waals surface area contributed by atoms with Crippen molar-refractivity contribution in [2.45, 2.75) is 0 Å². The number of H-pyrrole nitrogens is 1. The molecule has 3 N–H and O–H groups in total. The molecule has 2 heterocycles. The largest absolute Gasteiger partial charge is 0.399 e. The highest BCUT2D eigenvalue weighted by atomic mass is 14.9. The fourth-order valence-electron chi connectivity index (χ4n) is 2.27. The molecule has 0 saturated carbocycles. The van der Waals surface area contributed by atoms with Crippen LogP contribution in [-0.2, 0) is 0 Å². The Hall–Kier alpha value is -2.62. The zero-order valence-electron chi connectivity index (χ0n) is 9.51. The highest BCUT2D eigenvalue weighted by molar-refractivity contribution is 6.05. The van der Waals surface area contributed by atoms with E-state index in [2.05, 4.69) is 15.0 Å². The summed E-state index contributed by atoms with van der Waals surface area (Å²) in [7, 11) is 0. The van der Waals surface area contributed by atoms with Crippen molar-refractivity contribution in [1.29, 1.82) is 0 Å². The van der Waals surface area contributed by atoms with Gasteiger partial charge in [-0.25, -0.2) is 9.97 Å². The average molecular weight is 234 g/mol. The number of nitrogens with zero attached hydrogens (tertiary/aromatic N) is 2. The third kappa shape index (κ3) is 1.20. The van der Waals surface area contributed by atoms with Crippen LogP contribution < -0.4 is 5.73 Å². The molecular weight excluding hydrogens is 224 g/mol. The zero-order chi connectivity index (χ0) is 12.1. The van der Waals surface area contributed by atoms with E-state index in [0.29, 0.717) is 5.69 Å². The number of hydrogen-bond acceptors (Lipinski definition) is 3. The van der Waals surface area contributed by atoms with Crippen LogP contribution >= 0.6 is 0 Å². The molecule has 86 valence electrons. The molecule has 4 nitrogen and oxygen atoms in total. The maximum Gasteiger partial charge on any atom is 0.157 e. The lowest BCUT2D eigenvalue weighted by Gasteiger charge is -1.98. The first kappa shape index (κ1) is 9.41. The Balaban J connectivity index is 2.24. The Morgan fingerprint density at radius 3 is 2.78 bits per heavy atom. The maximum absolute atomic E-state index is 5.78. The van der Waals surface area contributed by atoms with Gasteiger partial charge in [0.15, 0.2) is 5.65 Å². The number of fused-ring (bicyclic) bond motifs is 4. The highest BCUT2D eigenvalue weighted by Gasteiger charge is 2.08. The lowest BCUT2D eigenvalue weighted by molar-refractivity contribution is 1.36. The van der Waals surface area contributed by atoms with Gasteiger partial charge in [0.1, 0.15) is 5.52 Å². The van der Waals surface area contributed by atoms with Crippen molar-refractivity contribution in [3.8, 4) is 0 Å². The number of para-hydroxylation sites is 1. The summed E-state index contributed by atoms with van der Waals surface area (Å²) in [5, 5.41) is 1.09. The van der Waals surface area contributed by atoms with Gasteiger partial charge in [0, 0.05) is 16.6 Å². The second kappa shape index (κ2) is 3.20. The molecule has 0 amide bonds. The van der Waals surface area contributed by atoms with Crippen LogP contribution in [0.25, 0.3) is 33.1 Å². The molecule has 0 aliphatic heterocycles. The number of nitrogens with two attached hydrogens (primary N) is 1. The number of nitrogens with one attached hydrogen (secondary N) is 1. The lowest BCUT2D eigenvalue weighted by Crippen LogP contribution is -1.89. The predicted octanol–water partition coefficient (Wildman–Crippen LogP) is 2.85. The molecule has 0 fully saturated rings. The van der Waals surface area contributed by atoms with Gasteiger partial charge < -0.3 is 10.7 Å². The summed E-state index contributed by atoms with van der Waals surface area (Å²) in [5.41, 5.74) is 10.9. The van der Waals surface area contributed by atoms with E-state index in [1.165, 1.54) is 0 Å². The van der Waals surface area contributed by atoms with Gasteiger partial charge in [0.25, 0.3) is 0 Å². The molecule has 4 heteroatoms. The Kier molecular flexibility index (Phi) is 1.67. The van der Waals surface area contributed by atoms with Crippen LogP contribution in [0.15, 0.2) is 42.5 Å². The smallest absolute Gasteiger partial charge is 0.157 e. The molecule has 0 unspecified atom stereocenters. The number of benzene rings is 2. The number of aromatic amines is 1. The molecule has 2 aromatic heterocycles. The quantitative estimate of drug-likeness (QED) is 0.460. The summed E-state index contributed by atoms with van der Waals surface area (Å²) in [6.45, 7) is 0. The first-order valence-corrected chi connectivity index (χ1v) is 5.75. The van der Waals surface area contributed by atoms with E-state index in [0.717, 1.165) is 33.1 Å². The van der Waals surface area contributed by atoms with E-state index in [9.17, 15) is 0 Å². The van der Waals surface area contributed by atoms with E-state index in [-0.39, 0.29) is 0 Å². The summed E-state index contributed by atoms with van der Waals surface area (Å²) in [6, 6.07) is 13.6. The van der Waals surface area contributed by atoms with Gasteiger partial charge in [-0.2, -0.15) is 0 Å². The third-order valence-corrected chi connectivity index (χ3v) is 3.12. The SMILES string of the molecule is Nc1ccc2nc3[nH]c4ccccc4c3nc2c1. The molecule has 0 bridgehead atoms. The minimum atomic E-state index is 0.705. The van der Waals surface area contributed by atoms with Gasteiger partial charge in [-0.3, -0.25) is 0 Å². The summed E-state index contributed by atoms with van der Waals surface area (Å²) >= 11 is 0. The standard InChI is InChI=1S/C14H10N4/c15-8-5-6-11-12(7-8)16-13-9-3-1-2-4-10(9)17-14(13)18-11/h1-7H,15H2,(H,17,18). The first-order valence-electron chi connectivity index (χ1n) is 5.75. The molecule has 4 aromatic rings. The molecule has 0 spiro atoms. The van der Waals surface area contributed by atoms with E-state index < -0.39 is 0 Å². The Bertz CT molecular complexity index is 892. The van der Waals surface area contributed by atoms with Crippen molar-refractivity contribution in [1.82, 2.24) is 15.0 Å². The molecule has 0 aliphatic rings. The number of anilines is 1. The second-order valence-corrected chi connectivity index (χ2v) is 4.34. The zero-order valence-corrected chi connectivity index (χ0v) is 9.51. The fraction of sp³-hybridized carbons (Fsp3) is 0. The monoisotopic (exact) mass is 234 g/mol. The number of hydrogen-bond donors (Lipinski definition) is 2. The van der Waals surface area contributed by atoms with Crippen LogP contribution in [0, 0.1) is 0 Å². The van der Waals surface area contributed by atoms with Gasteiger partial charge in [-0.05, 0) is 24.3 Å². The molecule has 0 atom stereocenters. The van der Waals surface area contributed by atoms with Gasteiger partial charge in [-0.15, -0.1) is 0 Å². The molecule has 0 aliphatic carbocycles. The molecule has 0 radical (unpaired) electrons. The number of nitrogen functional groups attached to an aromatic ring is 1. The van der Waals surface area contributed by atoms with Gasteiger partial charge in [-0.1, -0.05) is 18.2 Å². The van der Waals surface area contributed by atoms with Crippen molar-refractivity contribution in [3.05, 3.63) is 42.5 Å². The summed E-state index contributed by atoms with van der Waals surface area (Å²) in [6.07, 6.45) is 0. The van der Waals surface area contributed by atoms with E-state index in [1.54, 1.807) is 0 Å². The Morgan fingerprint density at radius 1 is 0.944 bits per heavy atom. The van der Waals surface area contributed by atoms with Crippen LogP contribution in [0.3, 0.4) is 0 Å². The van der Waals surface area contributed by atoms with E-state index >= 15 is 0 Å². The highest BCUT2D eigenvalue weighted by Crippen LogP contribution is 2.24. The lowest BCUT2D eigenvalue weighted by atomic mass is 10.2. The molecular formula is C14H10N4. The van der Waals surface area contributed by atoms with Crippen LogP contribution in [0.2, 0.25) is 0 Å². The van der Waals surface area contributed by atoms with Crippen molar-refractivity contribution in [2.75, 3.05) is 5.73 Å². The second-order valence-electron chi connectivity index (χ2n) is 4.34. The number of rotatable bonds is 0. The van der Waals surface area contributed by atoms with Crippen LogP contribution in [0.4, 0.5) is 5.69 Å². The summed E-state index contributed by atoms with van der Waals surface area (Å²) in [4.78, 5) is 12.5. The summed E-state index contributed by atoms with van der Waals surface area (Å²) in [5.74, 6) is 0. The fourth-order valence-corrected chi connectivity index (χ4v) is 2.27. The predicted molar refractivity (Wildman–Crippen MR) is 73.3 cm³/mol. The van der Waals surface area contributed by atoms with Crippen LogP contribution in [-0.4, -0.2) is 15.0 Å². The Labute approximate surface area is 102 Å². The molecule has 0 saturated heterocycles. The first-order chi connectivity index (χ1) is 8.81. The van der Waals surface area contributed by atoms with Crippen molar-refractivity contribution in [2.24, 2.45) is 0 Å². The van der Waals surface area contributed by atoms with Gasteiger partial charge in [0.2, 0.25) is 0 Å². The topological polar surface area (TPSA) is 67.6 Å².